The van der Waals surface area contributed by atoms with E-state index in [9.17, 15) is 4.39 Å². The van der Waals surface area contributed by atoms with Gasteiger partial charge in [0.1, 0.15) is 11.6 Å². The molecule has 1 N–H and O–H groups in total. The maximum absolute atomic E-state index is 13.1. The largest absolute Gasteiger partial charge is 0.437 e. The van der Waals surface area contributed by atoms with Gasteiger partial charge in [-0.1, -0.05) is 23.7 Å². The van der Waals surface area contributed by atoms with Crippen molar-refractivity contribution in [2.75, 3.05) is 7.05 Å². The van der Waals surface area contributed by atoms with Gasteiger partial charge in [-0.3, -0.25) is 0 Å². The van der Waals surface area contributed by atoms with Crippen LogP contribution < -0.4 is 10.1 Å². The molecule has 18 heavy (non-hydrogen) atoms. The van der Waals surface area contributed by atoms with Crippen molar-refractivity contribution >= 4 is 11.6 Å². The van der Waals surface area contributed by atoms with E-state index in [0.29, 0.717) is 28.8 Å². The van der Waals surface area contributed by atoms with Crippen molar-refractivity contribution in [3.05, 3.63) is 52.9 Å². The molecule has 2 aromatic rings. The number of hydrogen-bond donors (Lipinski definition) is 1. The van der Waals surface area contributed by atoms with Gasteiger partial charge in [0.25, 0.3) is 0 Å². The quantitative estimate of drug-likeness (QED) is 0.921. The molecular weight excluding hydrogens is 255 g/mol. The molecule has 0 amide bonds. The summed E-state index contributed by atoms with van der Waals surface area (Å²) in [5, 5.41) is 3.42. The number of halogens is 2. The fraction of sp³-hybridized carbons (Fsp3) is 0.154. The van der Waals surface area contributed by atoms with Crippen LogP contribution in [-0.2, 0) is 6.54 Å². The Morgan fingerprint density at radius 1 is 1.39 bits per heavy atom. The minimum Gasteiger partial charge on any atom is -0.437 e. The highest BCUT2D eigenvalue weighted by molar-refractivity contribution is 6.32. The molecule has 94 valence electrons. The van der Waals surface area contributed by atoms with Crippen molar-refractivity contribution < 1.29 is 9.13 Å². The van der Waals surface area contributed by atoms with Crippen LogP contribution >= 0.6 is 11.6 Å². The molecular formula is C13H12ClFN2O. The van der Waals surface area contributed by atoms with Crippen molar-refractivity contribution in [2.24, 2.45) is 0 Å². The second kappa shape index (κ2) is 5.80. The number of hydrogen-bond acceptors (Lipinski definition) is 3. The predicted octanol–water partition coefficient (Wildman–Crippen LogP) is 3.39. The second-order valence-corrected chi connectivity index (χ2v) is 4.09. The van der Waals surface area contributed by atoms with Gasteiger partial charge in [0.15, 0.2) is 0 Å². The van der Waals surface area contributed by atoms with Crippen LogP contribution in [0.4, 0.5) is 4.39 Å². The molecule has 1 aromatic heterocycles. The Bertz CT molecular complexity index is 548. The van der Waals surface area contributed by atoms with E-state index in [1.165, 1.54) is 6.07 Å². The first-order valence-electron chi connectivity index (χ1n) is 5.42. The van der Waals surface area contributed by atoms with Crippen LogP contribution in [0.25, 0.3) is 0 Å². The highest BCUT2D eigenvalue weighted by Gasteiger charge is 2.09. The normalized spacial score (nSPS) is 10.4. The Balaban J connectivity index is 2.31. The van der Waals surface area contributed by atoms with Crippen LogP contribution in [0.1, 0.15) is 5.56 Å². The molecule has 1 heterocycles. The standard InChI is InChI=1S/C13H12ClFN2O/c1-16-7-9-6-10(15)8-17-13(9)18-12-5-3-2-4-11(12)14/h2-6,8,16H,7H2,1H3. The lowest BCUT2D eigenvalue weighted by Crippen LogP contribution is -2.07. The van der Waals surface area contributed by atoms with Crippen LogP contribution in [0.2, 0.25) is 5.02 Å². The summed E-state index contributed by atoms with van der Waals surface area (Å²) in [6, 6.07) is 8.45. The van der Waals surface area contributed by atoms with E-state index in [2.05, 4.69) is 10.3 Å². The van der Waals surface area contributed by atoms with E-state index < -0.39 is 5.82 Å². The van der Waals surface area contributed by atoms with Gasteiger partial charge in [0.2, 0.25) is 5.88 Å². The van der Waals surface area contributed by atoms with E-state index in [1.807, 2.05) is 12.1 Å². The molecule has 0 saturated carbocycles. The number of ether oxygens (including phenoxy) is 1. The number of nitrogens with zero attached hydrogens (tertiary/aromatic N) is 1. The minimum atomic E-state index is -0.397. The van der Waals surface area contributed by atoms with E-state index in [-0.39, 0.29) is 0 Å². The van der Waals surface area contributed by atoms with E-state index in [4.69, 9.17) is 16.3 Å². The molecule has 0 bridgehead atoms. The lowest BCUT2D eigenvalue weighted by molar-refractivity contribution is 0.450. The number of aromatic nitrogens is 1. The molecule has 0 saturated heterocycles. The number of benzene rings is 1. The molecule has 0 aliphatic carbocycles. The third kappa shape index (κ3) is 2.97. The molecule has 0 aliphatic rings. The fourth-order valence-corrected chi connectivity index (χ4v) is 1.68. The third-order valence-corrected chi connectivity index (χ3v) is 2.61. The summed E-state index contributed by atoms with van der Waals surface area (Å²) in [6.45, 7) is 0.463. The lowest BCUT2D eigenvalue weighted by Gasteiger charge is -2.10. The maximum Gasteiger partial charge on any atom is 0.223 e. The molecule has 0 fully saturated rings. The number of pyridine rings is 1. The predicted molar refractivity (Wildman–Crippen MR) is 68.5 cm³/mol. The molecule has 1 aromatic carbocycles. The molecule has 5 heteroatoms. The molecule has 0 unspecified atom stereocenters. The first kappa shape index (κ1) is 12.8. The first-order chi connectivity index (χ1) is 8.70. The Kier molecular flexibility index (Phi) is 4.12. The Morgan fingerprint density at radius 3 is 2.89 bits per heavy atom. The Labute approximate surface area is 110 Å². The highest BCUT2D eigenvalue weighted by atomic mass is 35.5. The topological polar surface area (TPSA) is 34.2 Å². The van der Waals surface area contributed by atoms with Gasteiger partial charge in [-0.05, 0) is 25.2 Å². The SMILES string of the molecule is CNCc1cc(F)cnc1Oc1ccccc1Cl. The fourth-order valence-electron chi connectivity index (χ4n) is 1.51. The zero-order valence-corrected chi connectivity index (χ0v) is 10.5. The summed E-state index contributed by atoms with van der Waals surface area (Å²) < 4.78 is 18.7. The van der Waals surface area contributed by atoms with E-state index in [0.717, 1.165) is 6.20 Å². The van der Waals surface area contributed by atoms with E-state index in [1.54, 1.807) is 19.2 Å². The Hall–Kier alpha value is -1.65. The van der Waals surface area contributed by atoms with Crippen molar-refractivity contribution in [1.82, 2.24) is 10.3 Å². The Morgan fingerprint density at radius 2 is 2.17 bits per heavy atom. The number of rotatable bonds is 4. The zero-order valence-electron chi connectivity index (χ0n) is 9.78. The van der Waals surface area contributed by atoms with Crippen molar-refractivity contribution in [2.45, 2.75) is 6.54 Å². The van der Waals surface area contributed by atoms with Gasteiger partial charge in [-0.2, -0.15) is 0 Å². The summed E-state index contributed by atoms with van der Waals surface area (Å²) in [5.41, 5.74) is 0.636. The molecule has 3 nitrogen and oxygen atoms in total. The number of nitrogens with one attached hydrogen (secondary N) is 1. The van der Waals surface area contributed by atoms with Gasteiger partial charge >= 0.3 is 0 Å². The average molecular weight is 267 g/mol. The summed E-state index contributed by atoms with van der Waals surface area (Å²) >= 11 is 5.99. The van der Waals surface area contributed by atoms with Crippen LogP contribution in [0.5, 0.6) is 11.6 Å². The molecule has 0 atom stereocenters. The van der Waals surface area contributed by atoms with Gasteiger partial charge in [0.05, 0.1) is 11.2 Å². The molecule has 0 spiro atoms. The van der Waals surface area contributed by atoms with Crippen LogP contribution in [0.3, 0.4) is 0 Å². The average Bonchev–Trinajstić information content (AvgIpc) is 2.35. The minimum absolute atomic E-state index is 0.346. The van der Waals surface area contributed by atoms with Gasteiger partial charge < -0.3 is 10.1 Å². The second-order valence-electron chi connectivity index (χ2n) is 3.68. The molecule has 2 rings (SSSR count). The zero-order chi connectivity index (χ0) is 13.0. The summed E-state index contributed by atoms with van der Waals surface area (Å²) in [7, 11) is 1.77. The van der Waals surface area contributed by atoms with Crippen molar-refractivity contribution in [3.8, 4) is 11.6 Å². The maximum atomic E-state index is 13.1. The summed E-state index contributed by atoms with van der Waals surface area (Å²) in [5.74, 6) is 0.446. The third-order valence-electron chi connectivity index (χ3n) is 2.30. The highest BCUT2D eigenvalue weighted by Crippen LogP contribution is 2.29. The number of para-hydroxylation sites is 1. The van der Waals surface area contributed by atoms with Gasteiger partial charge in [0, 0.05) is 12.1 Å². The monoisotopic (exact) mass is 266 g/mol. The van der Waals surface area contributed by atoms with Gasteiger partial charge in [-0.25, -0.2) is 9.37 Å². The summed E-state index contributed by atoms with van der Waals surface area (Å²) in [6.07, 6.45) is 1.12. The van der Waals surface area contributed by atoms with Crippen LogP contribution in [-0.4, -0.2) is 12.0 Å². The van der Waals surface area contributed by atoms with E-state index >= 15 is 0 Å². The smallest absolute Gasteiger partial charge is 0.223 e. The van der Waals surface area contributed by atoms with Crippen molar-refractivity contribution in [1.29, 1.82) is 0 Å². The van der Waals surface area contributed by atoms with Crippen molar-refractivity contribution in [3.63, 3.8) is 0 Å². The molecule has 0 aliphatic heterocycles. The van der Waals surface area contributed by atoms with Crippen LogP contribution in [0.15, 0.2) is 36.5 Å². The summed E-state index contributed by atoms with van der Waals surface area (Å²) in [4.78, 5) is 3.94. The van der Waals surface area contributed by atoms with Gasteiger partial charge in [-0.15, -0.1) is 0 Å². The lowest BCUT2D eigenvalue weighted by atomic mass is 10.2. The first-order valence-corrected chi connectivity index (χ1v) is 5.80. The molecule has 0 radical (unpaired) electrons. The van der Waals surface area contributed by atoms with Crippen LogP contribution in [0, 0.1) is 5.82 Å².